The molecule has 0 aromatic rings. The van der Waals surface area contributed by atoms with Crippen LogP contribution in [0.1, 0.15) is 27.2 Å². The number of aliphatic hydroxyl groups excluding tert-OH is 1. The highest BCUT2D eigenvalue weighted by molar-refractivity contribution is 4.60. The van der Waals surface area contributed by atoms with Crippen LogP contribution in [0.25, 0.3) is 0 Å². The molecule has 3 nitrogen and oxygen atoms in total. The van der Waals surface area contributed by atoms with E-state index in [-0.39, 0.29) is 11.6 Å². The van der Waals surface area contributed by atoms with Crippen molar-refractivity contribution in [3.05, 3.63) is 0 Å². The average Bonchev–Trinajstić information content (AvgIpc) is 1.21. The Morgan fingerprint density at radius 3 is 1.56 bits per heavy atom. The van der Waals surface area contributed by atoms with Gasteiger partial charge in [0.2, 0.25) is 0 Å². The lowest BCUT2D eigenvalue weighted by Gasteiger charge is -2.18. The highest BCUT2D eigenvalue weighted by Crippen LogP contribution is 2.19. The van der Waals surface area contributed by atoms with E-state index >= 15 is 0 Å². The summed E-state index contributed by atoms with van der Waals surface area (Å²) in [5.74, 6) is 0. The van der Waals surface area contributed by atoms with E-state index in [1.54, 1.807) is 0 Å². The molecule has 0 amide bonds. The Kier molecular flexibility index (Phi) is 4.95. The van der Waals surface area contributed by atoms with Crippen LogP contribution >= 0.6 is 0 Å². The molecule has 0 atom stereocenters. The fraction of sp³-hybridized carbons (Fsp3) is 1.00. The second-order valence-corrected chi connectivity index (χ2v) is 3.25. The second-order valence-electron chi connectivity index (χ2n) is 3.25. The maximum absolute atomic E-state index is 8.44. The van der Waals surface area contributed by atoms with Gasteiger partial charge in [-0.25, -0.2) is 0 Å². The molecule has 0 rings (SSSR count). The van der Waals surface area contributed by atoms with Crippen molar-refractivity contribution in [3.8, 4) is 0 Å². The van der Waals surface area contributed by atoms with Gasteiger partial charge < -0.3 is 16.4 Å². The van der Waals surface area contributed by atoms with E-state index in [1.807, 2.05) is 20.8 Å². The first-order valence-corrected chi connectivity index (χ1v) is 2.78. The average molecular weight is 135 g/mol. The van der Waals surface area contributed by atoms with Crippen molar-refractivity contribution >= 4 is 0 Å². The highest BCUT2D eigenvalue weighted by atomic mass is 16.5. The van der Waals surface area contributed by atoms with Crippen molar-refractivity contribution in [1.82, 2.24) is 6.15 Å². The lowest BCUT2D eigenvalue weighted by Crippen LogP contribution is -2.16. The molecule has 0 unspecified atom stereocenters. The third-order valence-electron chi connectivity index (χ3n) is 0.795. The van der Waals surface area contributed by atoms with Gasteiger partial charge in [0.05, 0.1) is 0 Å². The fourth-order valence-electron chi connectivity index (χ4n) is 0.548. The molecule has 3 heteroatoms. The predicted octanol–water partition coefficient (Wildman–Crippen LogP) is 0.895. The molecule has 0 aliphatic carbocycles. The minimum atomic E-state index is -1.16. The molecule has 0 fully saturated rings. The van der Waals surface area contributed by atoms with E-state index in [2.05, 4.69) is 0 Å². The van der Waals surface area contributed by atoms with Crippen molar-refractivity contribution in [2.24, 2.45) is 5.41 Å². The molecule has 9 heavy (non-hydrogen) atoms. The molecule has 0 spiro atoms. The minimum absolute atomic E-state index is 0. The standard InChI is InChI=1S/C6H14O2.H3N/c1-6(2,3)4-5(7)8;/h5,7-8H,4H2,1-3H3;1H3. The summed E-state index contributed by atoms with van der Waals surface area (Å²) >= 11 is 0. The molecular formula is C6H17NO2. The highest BCUT2D eigenvalue weighted by Gasteiger charge is 2.13. The summed E-state index contributed by atoms with van der Waals surface area (Å²) in [5, 5.41) is 16.9. The molecule has 5 N–H and O–H groups in total. The number of hydrogen-bond acceptors (Lipinski definition) is 3. The van der Waals surface area contributed by atoms with Gasteiger partial charge in [-0.2, -0.15) is 0 Å². The van der Waals surface area contributed by atoms with Crippen molar-refractivity contribution in [3.63, 3.8) is 0 Å². The summed E-state index contributed by atoms with van der Waals surface area (Å²) in [6, 6.07) is 0. The smallest absolute Gasteiger partial charge is 0.151 e. The van der Waals surface area contributed by atoms with Crippen molar-refractivity contribution < 1.29 is 10.2 Å². The maximum Gasteiger partial charge on any atom is 0.151 e. The summed E-state index contributed by atoms with van der Waals surface area (Å²) in [4.78, 5) is 0. The van der Waals surface area contributed by atoms with Crippen LogP contribution in [0, 0.1) is 5.41 Å². The van der Waals surface area contributed by atoms with E-state index in [4.69, 9.17) is 10.2 Å². The first-order chi connectivity index (χ1) is 3.42. The quantitative estimate of drug-likeness (QED) is 0.467. The van der Waals surface area contributed by atoms with Crippen LogP contribution in [0.15, 0.2) is 0 Å². The molecule has 0 aliphatic heterocycles. The Morgan fingerprint density at radius 2 is 1.56 bits per heavy atom. The summed E-state index contributed by atoms with van der Waals surface area (Å²) in [5.41, 5.74) is 0.0220. The molecule has 0 radical (unpaired) electrons. The van der Waals surface area contributed by atoms with Gasteiger partial charge in [0.25, 0.3) is 0 Å². The van der Waals surface area contributed by atoms with Gasteiger partial charge in [0.1, 0.15) is 0 Å². The second kappa shape index (κ2) is 3.82. The number of rotatable bonds is 1. The largest absolute Gasteiger partial charge is 0.368 e. The Bertz CT molecular complexity index is 65.9. The van der Waals surface area contributed by atoms with Crippen LogP contribution in [-0.4, -0.2) is 16.5 Å². The Morgan fingerprint density at radius 1 is 1.22 bits per heavy atom. The normalized spacial score (nSPS) is 11.3. The van der Waals surface area contributed by atoms with Gasteiger partial charge in [-0.1, -0.05) is 20.8 Å². The van der Waals surface area contributed by atoms with Crippen LogP contribution in [0.5, 0.6) is 0 Å². The molecule has 0 aliphatic rings. The maximum atomic E-state index is 8.44. The van der Waals surface area contributed by atoms with Gasteiger partial charge in [-0.3, -0.25) is 0 Å². The molecular weight excluding hydrogens is 118 g/mol. The Labute approximate surface area is 56.3 Å². The SMILES string of the molecule is CC(C)(C)CC(O)O.N. The summed E-state index contributed by atoms with van der Waals surface area (Å²) < 4.78 is 0. The van der Waals surface area contributed by atoms with Crippen molar-refractivity contribution in [1.29, 1.82) is 0 Å². The predicted molar refractivity (Wildman–Crippen MR) is 37.3 cm³/mol. The Balaban J connectivity index is 0. The van der Waals surface area contributed by atoms with Gasteiger partial charge in [0, 0.05) is 6.42 Å². The van der Waals surface area contributed by atoms with Gasteiger partial charge in [-0.05, 0) is 5.41 Å². The van der Waals surface area contributed by atoms with E-state index in [0.717, 1.165) is 0 Å². The molecule has 0 saturated carbocycles. The van der Waals surface area contributed by atoms with Gasteiger partial charge in [0.15, 0.2) is 6.29 Å². The zero-order chi connectivity index (χ0) is 6.78. The van der Waals surface area contributed by atoms with E-state index < -0.39 is 6.29 Å². The molecule has 0 saturated heterocycles. The van der Waals surface area contributed by atoms with Crippen LogP contribution in [0.2, 0.25) is 0 Å². The van der Waals surface area contributed by atoms with Crippen LogP contribution in [0.4, 0.5) is 0 Å². The summed E-state index contributed by atoms with van der Waals surface area (Å²) in [6.45, 7) is 5.89. The Hall–Kier alpha value is -0.120. The zero-order valence-corrected chi connectivity index (χ0v) is 6.39. The number of aliphatic hydroxyl groups is 2. The third kappa shape index (κ3) is 11.4. The first-order valence-electron chi connectivity index (χ1n) is 2.78. The number of hydrogen-bond donors (Lipinski definition) is 3. The molecule has 0 bridgehead atoms. The molecule has 0 aromatic carbocycles. The first kappa shape index (κ1) is 11.6. The lowest BCUT2D eigenvalue weighted by atomic mass is 9.92. The summed E-state index contributed by atoms with van der Waals surface area (Å²) in [7, 11) is 0. The van der Waals surface area contributed by atoms with E-state index in [1.165, 1.54) is 0 Å². The van der Waals surface area contributed by atoms with Crippen LogP contribution in [-0.2, 0) is 0 Å². The topological polar surface area (TPSA) is 75.5 Å². The third-order valence-corrected chi connectivity index (χ3v) is 0.795. The summed E-state index contributed by atoms with van der Waals surface area (Å²) in [6.07, 6.45) is -0.720. The van der Waals surface area contributed by atoms with Gasteiger partial charge in [-0.15, -0.1) is 0 Å². The fourth-order valence-corrected chi connectivity index (χ4v) is 0.548. The minimum Gasteiger partial charge on any atom is -0.368 e. The van der Waals surface area contributed by atoms with Crippen molar-refractivity contribution in [2.45, 2.75) is 33.5 Å². The zero-order valence-electron chi connectivity index (χ0n) is 6.39. The molecule has 0 aromatic heterocycles. The lowest BCUT2D eigenvalue weighted by molar-refractivity contribution is -0.0648. The molecule has 58 valence electrons. The van der Waals surface area contributed by atoms with E-state index in [9.17, 15) is 0 Å². The van der Waals surface area contributed by atoms with E-state index in [0.29, 0.717) is 6.42 Å². The monoisotopic (exact) mass is 135 g/mol. The van der Waals surface area contributed by atoms with Crippen LogP contribution < -0.4 is 6.15 Å². The molecule has 0 heterocycles. The van der Waals surface area contributed by atoms with Gasteiger partial charge >= 0.3 is 0 Å². The van der Waals surface area contributed by atoms with Crippen molar-refractivity contribution in [2.75, 3.05) is 0 Å². The van der Waals surface area contributed by atoms with Crippen LogP contribution in [0.3, 0.4) is 0 Å².